The lowest BCUT2D eigenvalue weighted by Crippen LogP contribution is -2.25. The average Bonchev–Trinajstić information content (AvgIpc) is 2.33. The zero-order valence-corrected chi connectivity index (χ0v) is 11.5. The third-order valence-corrected chi connectivity index (χ3v) is 2.96. The molecule has 0 amide bonds. The third-order valence-electron chi connectivity index (χ3n) is 2.45. The first-order valence-corrected chi connectivity index (χ1v) is 6.28. The van der Waals surface area contributed by atoms with Crippen LogP contribution in [0, 0.1) is 0 Å². The van der Waals surface area contributed by atoms with Gasteiger partial charge in [-0.1, -0.05) is 23.2 Å². The number of halogens is 2. The SMILES string of the molecule is CCOC(=O)Cn1cnc2c(Cl)cc(Cl)cc2c1=O. The van der Waals surface area contributed by atoms with Gasteiger partial charge in [0.2, 0.25) is 0 Å². The number of benzene rings is 1. The summed E-state index contributed by atoms with van der Waals surface area (Å²) in [5.74, 6) is -0.501. The van der Waals surface area contributed by atoms with Crippen LogP contribution in [0.3, 0.4) is 0 Å². The van der Waals surface area contributed by atoms with E-state index in [4.69, 9.17) is 27.9 Å². The summed E-state index contributed by atoms with van der Waals surface area (Å²) in [7, 11) is 0. The van der Waals surface area contributed by atoms with Gasteiger partial charge in [0.15, 0.2) is 0 Å². The number of rotatable bonds is 3. The Bertz CT molecular complexity index is 697. The number of aromatic nitrogens is 2. The van der Waals surface area contributed by atoms with Crippen molar-refractivity contribution in [3.63, 3.8) is 0 Å². The first kappa shape index (κ1) is 13.8. The number of carbonyl (C=O) groups excluding carboxylic acids is 1. The number of esters is 1. The summed E-state index contributed by atoms with van der Waals surface area (Å²) >= 11 is 11.8. The molecule has 7 heteroatoms. The molecule has 0 aliphatic rings. The molecular weight excluding hydrogens is 291 g/mol. The van der Waals surface area contributed by atoms with Crippen molar-refractivity contribution < 1.29 is 9.53 Å². The second-order valence-corrected chi connectivity index (χ2v) is 4.61. The van der Waals surface area contributed by atoms with Gasteiger partial charge in [0, 0.05) is 5.02 Å². The molecule has 0 saturated heterocycles. The first-order chi connectivity index (χ1) is 9.02. The van der Waals surface area contributed by atoms with E-state index in [9.17, 15) is 9.59 Å². The van der Waals surface area contributed by atoms with Gasteiger partial charge in [-0.05, 0) is 19.1 Å². The van der Waals surface area contributed by atoms with Gasteiger partial charge in [-0.25, -0.2) is 4.98 Å². The van der Waals surface area contributed by atoms with Crippen LogP contribution in [0.1, 0.15) is 6.92 Å². The van der Waals surface area contributed by atoms with E-state index in [0.29, 0.717) is 15.6 Å². The number of hydrogen-bond acceptors (Lipinski definition) is 4. The van der Waals surface area contributed by atoms with Crippen LogP contribution < -0.4 is 5.56 Å². The number of fused-ring (bicyclic) bond motifs is 1. The third kappa shape index (κ3) is 2.88. The van der Waals surface area contributed by atoms with E-state index >= 15 is 0 Å². The summed E-state index contributed by atoms with van der Waals surface area (Å²) in [5.41, 5.74) is -0.0290. The number of ether oxygens (including phenoxy) is 1. The second kappa shape index (κ2) is 5.59. The van der Waals surface area contributed by atoms with Crippen LogP contribution in [-0.4, -0.2) is 22.1 Å². The fourth-order valence-electron chi connectivity index (χ4n) is 1.65. The predicted octanol–water partition coefficient (Wildman–Crippen LogP) is 2.27. The Morgan fingerprint density at radius 1 is 1.42 bits per heavy atom. The molecule has 0 aliphatic carbocycles. The van der Waals surface area contributed by atoms with Crippen LogP contribution in [0.25, 0.3) is 10.9 Å². The normalized spacial score (nSPS) is 10.7. The van der Waals surface area contributed by atoms with E-state index in [1.165, 1.54) is 18.5 Å². The summed E-state index contributed by atoms with van der Waals surface area (Å²) in [4.78, 5) is 27.6. The van der Waals surface area contributed by atoms with Gasteiger partial charge in [0.1, 0.15) is 6.54 Å². The van der Waals surface area contributed by atoms with Crippen LogP contribution >= 0.6 is 23.2 Å². The predicted molar refractivity (Wildman–Crippen MR) is 72.7 cm³/mol. The fourth-order valence-corrected chi connectivity index (χ4v) is 2.20. The molecule has 5 nitrogen and oxygen atoms in total. The van der Waals surface area contributed by atoms with Gasteiger partial charge in [-0.2, -0.15) is 0 Å². The van der Waals surface area contributed by atoms with Crippen molar-refractivity contribution in [2.75, 3.05) is 6.61 Å². The molecule has 0 N–H and O–H groups in total. The summed E-state index contributed by atoms with van der Waals surface area (Å²) in [5, 5.41) is 0.900. The molecule has 19 heavy (non-hydrogen) atoms. The average molecular weight is 301 g/mol. The molecule has 0 radical (unpaired) electrons. The van der Waals surface area contributed by atoms with E-state index in [0.717, 1.165) is 4.57 Å². The Hall–Kier alpha value is -1.59. The van der Waals surface area contributed by atoms with Gasteiger partial charge >= 0.3 is 5.97 Å². The highest BCUT2D eigenvalue weighted by molar-refractivity contribution is 6.38. The highest BCUT2D eigenvalue weighted by atomic mass is 35.5. The molecule has 100 valence electrons. The van der Waals surface area contributed by atoms with Crippen LogP contribution in [0.4, 0.5) is 0 Å². The van der Waals surface area contributed by atoms with Crippen LogP contribution in [0.5, 0.6) is 0 Å². The van der Waals surface area contributed by atoms with Crippen molar-refractivity contribution >= 4 is 40.1 Å². The molecule has 0 saturated carbocycles. The van der Waals surface area contributed by atoms with Crippen molar-refractivity contribution in [2.24, 2.45) is 0 Å². The van der Waals surface area contributed by atoms with Crippen LogP contribution in [0.15, 0.2) is 23.3 Å². The van der Waals surface area contributed by atoms with Gasteiger partial charge in [0.05, 0.1) is 28.9 Å². The molecule has 0 unspecified atom stereocenters. The number of carbonyl (C=O) groups is 1. The molecule has 1 aromatic carbocycles. The Morgan fingerprint density at radius 2 is 2.16 bits per heavy atom. The van der Waals surface area contributed by atoms with Crippen molar-refractivity contribution in [3.05, 3.63) is 38.9 Å². The minimum atomic E-state index is -0.501. The maximum atomic E-state index is 12.2. The lowest BCUT2D eigenvalue weighted by molar-refractivity contribution is -0.143. The van der Waals surface area contributed by atoms with Crippen molar-refractivity contribution in [1.82, 2.24) is 9.55 Å². The van der Waals surface area contributed by atoms with Crippen LogP contribution in [0.2, 0.25) is 10.0 Å². The van der Waals surface area contributed by atoms with Crippen molar-refractivity contribution in [3.8, 4) is 0 Å². The van der Waals surface area contributed by atoms with Crippen molar-refractivity contribution in [2.45, 2.75) is 13.5 Å². The molecule has 0 spiro atoms. The summed E-state index contributed by atoms with van der Waals surface area (Å²) in [6, 6.07) is 2.98. The minimum Gasteiger partial charge on any atom is -0.465 e. The summed E-state index contributed by atoms with van der Waals surface area (Å²) in [6.45, 7) is 1.75. The van der Waals surface area contributed by atoms with Gasteiger partial charge in [0.25, 0.3) is 5.56 Å². The van der Waals surface area contributed by atoms with E-state index in [2.05, 4.69) is 4.98 Å². The van der Waals surface area contributed by atoms with E-state index < -0.39 is 5.97 Å². The molecule has 2 rings (SSSR count). The topological polar surface area (TPSA) is 61.2 Å². The van der Waals surface area contributed by atoms with Crippen molar-refractivity contribution in [1.29, 1.82) is 0 Å². The van der Waals surface area contributed by atoms with E-state index in [1.807, 2.05) is 0 Å². The van der Waals surface area contributed by atoms with Gasteiger partial charge < -0.3 is 4.74 Å². The van der Waals surface area contributed by atoms with Gasteiger partial charge in [-0.15, -0.1) is 0 Å². The highest BCUT2D eigenvalue weighted by Crippen LogP contribution is 2.23. The second-order valence-electron chi connectivity index (χ2n) is 3.77. The molecule has 0 aliphatic heterocycles. The lowest BCUT2D eigenvalue weighted by atomic mass is 10.2. The molecule has 2 aromatic rings. The maximum absolute atomic E-state index is 12.2. The molecular formula is C12H10Cl2N2O3. The maximum Gasteiger partial charge on any atom is 0.326 e. The lowest BCUT2D eigenvalue weighted by Gasteiger charge is -2.07. The standard InChI is InChI=1S/C12H10Cl2N2O3/c1-2-19-10(17)5-16-6-15-11-8(12(16)18)3-7(13)4-9(11)14/h3-4,6H,2,5H2,1H3. The minimum absolute atomic E-state index is 0.195. The smallest absolute Gasteiger partial charge is 0.326 e. The Kier molecular flexibility index (Phi) is 4.07. The quantitative estimate of drug-likeness (QED) is 0.816. The Labute approximate surface area is 118 Å². The molecule has 1 heterocycles. The first-order valence-electron chi connectivity index (χ1n) is 5.52. The molecule has 1 aromatic heterocycles. The Morgan fingerprint density at radius 3 is 2.84 bits per heavy atom. The largest absolute Gasteiger partial charge is 0.465 e. The fraction of sp³-hybridized carbons (Fsp3) is 0.250. The van der Waals surface area contributed by atoms with Gasteiger partial charge in [-0.3, -0.25) is 14.2 Å². The summed E-state index contributed by atoms with van der Waals surface area (Å²) < 4.78 is 5.94. The number of hydrogen-bond donors (Lipinski definition) is 0. The van der Waals surface area contributed by atoms with E-state index in [-0.39, 0.29) is 24.1 Å². The monoisotopic (exact) mass is 300 g/mol. The molecule has 0 atom stereocenters. The number of nitrogens with zero attached hydrogens (tertiary/aromatic N) is 2. The molecule has 0 fully saturated rings. The highest BCUT2D eigenvalue weighted by Gasteiger charge is 2.11. The zero-order chi connectivity index (χ0) is 14.0. The molecule has 0 bridgehead atoms. The summed E-state index contributed by atoms with van der Waals surface area (Å²) in [6.07, 6.45) is 1.27. The zero-order valence-electron chi connectivity index (χ0n) is 10.0. The van der Waals surface area contributed by atoms with E-state index in [1.54, 1.807) is 6.92 Å². The Balaban J connectivity index is 2.52. The van der Waals surface area contributed by atoms with Crippen LogP contribution in [-0.2, 0) is 16.1 Å².